The zero-order chi connectivity index (χ0) is 15.8. The molecule has 0 amide bonds. The molecule has 0 N–H and O–H groups in total. The highest BCUT2D eigenvalue weighted by Crippen LogP contribution is 2.10. The summed E-state index contributed by atoms with van der Waals surface area (Å²) < 4.78 is 0. The average Bonchev–Trinajstić information content (AvgIpc) is 2.40. The molecule has 0 unspecified atom stereocenters. The largest absolute Gasteiger partial charge is 0.125 e. The van der Waals surface area contributed by atoms with Gasteiger partial charge in [0, 0.05) is 6.42 Å². The minimum atomic E-state index is 0.840. The maximum atomic E-state index is 3.75. The van der Waals surface area contributed by atoms with E-state index in [0.717, 1.165) is 23.5 Å². The van der Waals surface area contributed by atoms with Crippen molar-refractivity contribution < 1.29 is 0 Å². The summed E-state index contributed by atoms with van der Waals surface area (Å²) in [5.74, 6) is 0.904. The second-order valence-corrected chi connectivity index (χ2v) is 5.99. The highest BCUT2D eigenvalue weighted by atomic mass is 14.0. The van der Waals surface area contributed by atoms with Crippen LogP contribution in [0.2, 0.25) is 0 Å². The lowest BCUT2D eigenvalue weighted by Gasteiger charge is -2.03. The standard InChI is InChI=1S/C11H24.C9H12/c1-4-5-6-7-8-9-10-11(2)3;1-5-9(6-2)7-8(3)4/h11H,4-10H2,1-3H3;5H,1-3,7H2,4H3. The number of hydrogen-bond donors (Lipinski definition) is 0. The van der Waals surface area contributed by atoms with E-state index >= 15 is 0 Å². The number of allylic oxidation sites excluding steroid dienone is 3. The fourth-order valence-corrected chi connectivity index (χ4v) is 1.86. The van der Waals surface area contributed by atoms with Crippen LogP contribution in [0.3, 0.4) is 0 Å². The van der Waals surface area contributed by atoms with Gasteiger partial charge in [-0.1, -0.05) is 97.1 Å². The Bertz CT molecular complexity index is 287. The molecular weight excluding hydrogens is 240 g/mol. The molecule has 0 aromatic rings. The van der Waals surface area contributed by atoms with Crippen molar-refractivity contribution in [2.24, 2.45) is 5.92 Å². The van der Waals surface area contributed by atoms with E-state index in [1.165, 1.54) is 44.9 Å². The third kappa shape index (κ3) is 19.3. The number of hydrogen-bond acceptors (Lipinski definition) is 0. The molecule has 0 saturated carbocycles. The van der Waals surface area contributed by atoms with Crippen molar-refractivity contribution in [1.29, 1.82) is 0 Å². The van der Waals surface area contributed by atoms with E-state index in [1.54, 1.807) is 6.08 Å². The first kappa shape index (κ1) is 21.3. The summed E-state index contributed by atoms with van der Waals surface area (Å²) in [5, 5.41) is 0. The maximum absolute atomic E-state index is 3.75. The number of unbranched alkanes of at least 4 members (excludes halogenated alkanes) is 5. The third-order valence-corrected chi connectivity index (χ3v) is 3.10. The van der Waals surface area contributed by atoms with Gasteiger partial charge in [0.1, 0.15) is 0 Å². The van der Waals surface area contributed by atoms with Gasteiger partial charge >= 0.3 is 0 Å². The Morgan fingerprint density at radius 1 is 1.10 bits per heavy atom. The molecule has 0 aromatic carbocycles. The fourth-order valence-electron chi connectivity index (χ4n) is 1.86. The minimum absolute atomic E-state index is 0.840. The molecule has 0 saturated heterocycles. The van der Waals surface area contributed by atoms with Crippen LogP contribution in [0.25, 0.3) is 0 Å². The lowest BCUT2D eigenvalue weighted by Crippen LogP contribution is -1.86. The second-order valence-electron chi connectivity index (χ2n) is 5.99. The summed E-state index contributed by atoms with van der Waals surface area (Å²) in [6.07, 6.45) is 12.6. The van der Waals surface area contributed by atoms with Crippen LogP contribution in [0.5, 0.6) is 0 Å². The van der Waals surface area contributed by atoms with Crippen LogP contribution in [-0.4, -0.2) is 0 Å². The summed E-state index contributed by atoms with van der Waals surface area (Å²) in [7, 11) is 0. The molecule has 0 heterocycles. The molecule has 0 radical (unpaired) electrons. The lowest BCUT2D eigenvalue weighted by molar-refractivity contribution is 0.514. The van der Waals surface area contributed by atoms with Crippen LogP contribution in [-0.2, 0) is 0 Å². The van der Waals surface area contributed by atoms with Gasteiger partial charge in [0.05, 0.1) is 0 Å². The molecule has 0 fully saturated rings. The van der Waals surface area contributed by atoms with E-state index in [-0.39, 0.29) is 0 Å². The van der Waals surface area contributed by atoms with Crippen LogP contribution in [0.1, 0.15) is 79.1 Å². The molecule has 0 aromatic heterocycles. The van der Waals surface area contributed by atoms with Gasteiger partial charge in [0.15, 0.2) is 0 Å². The molecule has 0 bridgehead atoms. The summed E-state index contributed by atoms with van der Waals surface area (Å²) >= 11 is 0. The van der Waals surface area contributed by atoms with Crippen LogP contribution in [0, 0.1) is 5.92 Å². The normalized spacial score (nSPS) is 9.45. The number of rotatable bonds is 10. The molecule has 0 rings (SSSR count). The minimum Gasteiger partial charge on any atom is -0.125 e. The van der Waals surface area contributed by atoms with Gasteiger partial charge in [0.25, 0.3) is 0 Å². The van der Waals surface area contributed by atoms with E-state index < -0.39 is 0 Å². The Morgan fingerprint density at radius 3 is 2.00 bits per heavy atom. The smallest absolute Gasteiger partial charge is 0.0000691 e. The molecule has 0 aliphatic rings. The molecule has 0 atom stereocenters. The van der Waals surface area contributed by atoms with Crippen molar-refractivity contribution in [3.63, 3.8) is 0 Å². The van der Waals surface area contributed by atoms with Crippen LogP contribution in [0.15, 0.2) is 42.7 Å². The molecule has 0 aliphatic heterocycles. The van der Waals surface area contributed by atoms with Crippen molar-refractivity contribution in [2.45, 2.75) is 79.1 Å². The van der Waals surface area contributed by atoms with Gasteiger partial charge < -0.3 is 0 Å². The lowest BCUT2D eigenvalue weighted by atomic mass is 10.0. The molecule has 20 heavy (non-hydrogen) atoms. The Hall–Kier alpha value is -1.00. The molecule has 0 aliphatic carbocycles. The monoisotopic (exact) mass is 276 g/mol. The molecular formula is C20H36. The first-order valence-electron chi connectivity index (χ1n) is 8.13. The van der Waals surface area contributed by atoms with Crippen molar-refractivity contribution in [3.05, 3.63) is 42.7 Å². The highest BCUT2D eigenvalue weighted by Gasteiger charge is 1.93. The highest BCUT2D eigenvalue weighted by molar-refractivity contribution is 5.19. The zero-order valence-electron chi connectivity index (χ0n) is 14.4. The van der Waals surface area contributed by atoms with Crippen molar-refractivity contribution in [3.8, 4) is 0 Å². The molecule has 0 spiro atoms. The van der Waals surface area contributed by atoms with E-state index in [4.69, 9.17) is 0 Å². The summed E-state index contributed by atoms with van der Waals surface area (Å²) in [4.78, 5) is 0. The van der Waals surface area contributed by atoms with Crippen molar-refractivity contribution in [2.75, 3.05) is 0 Å². The topological polar surface area (TPSA) is 0 Å². The van der Waals surface area contributed by atoms with Gasteiger partial charge in [-0.3, -0.25) is 0 Å². The molecule has 116 valence electrons. The first-order chi connectivity index (χ1) is 9.47. The maximum Gasteiger partial charge on any atom is 0.0000691 e. The summed E-state index contributed by atoms with van der Waals surface area (Å²) in [5.41, 5.74) is 4.90. The van der Waals surface area contributed by atoms with Gasteiger partial charge in [-0.15, -0.1) is 5.73 Å². The Morgan fingerprint density at radius 2 is 1.65 bits per heavy atom. The molecule has 0 heteroatoms. The van der Waals surface area contributed by atoms with Gasteiger partial charge in [-0.25, -0.2) is 0 Å². The summed E-state index contributed by atoms with van der Waals surface area (Å²) in [6.45, 7) is 19.7. The van der Waals surface area contributed by atoms with Crippen LogP contribution >= 0.6 is 0 Å². The van der Waals surface area contributed by atoms with Gasteiger partial charge in [-0.2, -0.15) is 0 Å². The van der Waals surface area contributed by atoms with Crippen LogP contribution < -0.4 is 0 Å². The third-order valence-electron chi connectivity index (χ3n) is 3.10. The van der Waals surface area contributed by atoms with E-state index in [2.05, 4.69) is 46.2 Å². The van der Waals surface area contributed by atoms with Crippen molar-refractivity contribution in [1.82, 2.24) is 0 Å². The second kappa shape index (κ2) is 16.1. The predicted molar refractivity (Wildman–Crippen MR) is 95.1 cm³/mol. The van der Waals surface area contributed by atoms with E-state index in [9.17, 15) is 0 Å². The SMILES string of the molecule is C=C=C(C=C)CC(=C)C.CCCCCCCCC(C)C. The first-order valence-corrected chi connectivity index (χ1v) is 8.13. The van der Waals surface area contributed by atoms with E-state index in [1.807, 2.05) is 6.92 Å². The average molecular weight is 277 g/mol. The quantitative estimate of drug-likeness (QED) is 0.171. The summed E-state index contributed by atoms with van der Waals surface area (Å²) in [6, 6.07) is 0. The van der Waals surface area contributed by atoms with E-state index in [0.29, 0.717) is 0 Å². The fraction of sp³-hybridized carbons (Fsp3) is 0.650. The Kier molecular flexibility index (Phi) is 17.1. The predicted octanol–water partition coefficient (Wildman–Crippen LogP) is 7.24. The van der Waals surface area contributed by atoms with Crippen molar-refractivity contribution >= 4 is 0 Å². The zero-order valence-corrected chi connectivity index (χ0v) is 14.4. The van der Waals surface area contributed by atoms with Crippen LogP contribution in [0.4, 0.5) is 0 Å². The van der Waals surface area contributed by atoms with Gasteiger partial charge in [-0.05, 0) is 18.4 Å². The Labute approximate surface area is 128 Å². The Balaban J connectivity index is 0. The van der Waals surface area contributed by atoms with Gasteiger partial charge in [0.2, 0.25) is 0 Å². The molecule has 0 nitrogen and oxygen atoms in total.